The molecule has 0 spiro atoms. The average molecular weight is 367 g/mol. The number of hydrogen-bond donors (Lipinski definition) is 0. The highest BCUT2D eigenvalue weighted by atomic mass is 32.2. The van der Waals surface area contributed by atoms with Crippen molar-refractivity contribution in [2.45, 2.75) is 18.3 Å². The van der Waals surface area contributed by atoms with E-state index in [1.165, 1.54) is 9.80 Å². The minimum Gasteiger partial charge on any atom is -0.338 e. The van der Waals surface area contributed by atoms with E-state index in [9.17, 15) is 32.3 Å². The number of carbonyl (C=O) groups is 4. The smallest absolute Gasteiger partial charge is 0.338 e. The summed E-state index contributed by atoms with van der Waals surface area (Å²) in [7, 11) is 0. The first-order valence-electron chi connectivity index (χ1n) is 7.27. The van der Waals surface area contributed by atoms with E-state index in [0.717, 1.165) is 4.90 Å². The molecule has 7 nitrogen and oxygen atoms in total. The van der Waals surface area contributed by atoms with Gasteiger partial charge in [-0.1, -0.05) is 0 Å². The van der Waals surface area contributed by atoms with Gasteiger partial charge >= 0.3 is 5.51 Å². The van der Waals surface area contributed by atoms with Crippen LogP contribution in [-0.4, -0.2) is 82.3 Å². The van der Waals surface area contributed by atoms with Gasteiger partial charge in [0.15, 0.2) is 0 Å². The van der Waals surface area contributed by atoms with Gasteiger partial charge in [0.2, 0.25) is 23.6 Å². The Labute approximate surface area is 140 Å². The van der Waals surface area contributed by atoms with Gasteiger partial charge in [0.1, 0.15) is 6.54 Å². The monoisotopic (exact) mass is 367 g/mol. The Morgan fingerprint density at radius 2 is 1.38 bits per heavy atom. The lowest BCUT2D eigenvalue weighted by atomic mass is 10.3. The number of carbonyl (C=O) groups excluding carboxylic acids is 4. The van der Waals surface area contributed by atoms with Crippen LogP contribution < -0.4 is 0 Å². The molecule has 0 aromatic heterocycles. The molecule has 0 aromatic rings. The van der Waals surface area contributed by atoms with Crippen molar-refractivity contribution in [1.82, 2.24) is 14.7 Å². The third-order valence-corrected chi connectivity index (χ3v) is 4.51. The molecule has 2 saturated heterocycles. The molecule has 24 heavy (non-hydrogen) atoms. The summed E-state index contributed by atoms with van der Waals surface area (Å²) in [5.41, 5.74) is -4.46. The van der Waals surface area contributed by atoms with Gasteiger partial charge in [-0.3, -0.25) is 24.1 Å². The normalized spacial score (nSPS) is 19.2. The maximum atomic E-state index is 12.1. The van der Waals surface area contributed by atoms with Crippen molar-refractivity contribution in [2.75, 3.05) is 38.5 Å². The standard InChI is InChI=1S/C13H16F3N3O4S/c14-13(15,16)24-8-12(23)18-5-3-17(4-6-18)11(22)7-19-9(20)1-2-10(19)21/h1-8H2. The number of piperazine rings is 1. The summed E-state index contributed by atoms with van der Waals surface area (Å²) in [5, 5.41) is 0. The first-order chi connectivity index (χ1) is 11.2. The Bertz CT molecular complexity index is 531. The maximum absolute atomic E-state index is 12.1. The van der Waals surface area contributed by atoms with Crippen LogP contribution in [0.25, 0.3) is 0 Å². The zero-order chi connectivity index (χ0) is 17.9. The highest BCUT2D eigenvalue weighted by molar-refractivity contribution is 8.00. The van der Waals surface area contributed by atoms with Gasteiger partial charge in [0, 0.05) is 39.0 Å². The van der Waals surface area contributed by atoms with Crippen LogP contribution in [0.4, 0.5) is 13.2 Å². The first-order valence-corrected chi connectivity index (χ1v) is 8.25. The third-order valence-electron chi connectivity index (χ3n) is 3.79. The lowest BCUT2D eigenvalue weighted by molar-refractivity contribution is -0.146. The molecule has 0 saturated carbocycles. The fourth-order valence-electron chi connectivity index (χ4n) is 2.47. The molecule has 0 bridgehead atoms. The number of rotatable bonds is 4. The van der Waals surface area contributed by atoms with Gasteiger partial charge in [-0.25, -0.2) is 0 Å². The second-order valence-electron chi connectivity index (χ2n) is 5.37. The highest BCUT2D eigenvalue weighted by Gasteiger charge is 2.34. The molecule has 0 aliphatic carbocycles. The minimum atomic E-state index is -4.46. The van der Waals surface area contributed by atoms with Gasteiger partial charge in [-0.15, -0.1) is 0 Å². The van der Waals surface area contributed by atoms with Crippen LogP contribution in [0.5, 0.6) is 0 Å². The number of imide groups is 1. The van der Waals surface area contributed by atoms with E-state index >= 15 is 0 Å². The Hall–Kier alpha value is -1.78. The SMILES string of the molecule is O=C(CSC(F)(F)F)N1CCN(C(=O)CN2C(=O)CCC2=O)CC1. The van der Waals surface area contributed by atoms with Crippen LogP contribution in [0.3, 0.4) is 0 Å². The highest BCUT2D eigenvalue weighted by Crippen LogP contribution is 2.30. The molecule has 0 unspecified atom stereocenters. The molecule has 4 amide bonds. The maximum Gasteiger partial charge on any atom is 0.442 e. The number of nitrogens with zero attached hydrogens (tertiary/aromatic N) is 3. The van der Waals surface area contributed by atoms with Gasteiger partial charge in [0.25, 0.3) is 0 Å². The van der Waals surface area contributed by atoms with Crippen molar-refractivity contribution < 1.29 is 32.3 Å². The zero-order valence-electron chi connectivity index (χ0n) is 12.7. The van der Waals surface area contributed by atoms with E-state index in [1.807, 2.05) is 0 Å². The van der Waals surface area contributed by atoms with Crippen molar-refractivity contribution in [2.24, 2.45) is 0 Å². The predicted molar refractivity (Wildman–Crippen MR) is 77.6 cm³/mol. The van der Waals surface area contributed by atoms with Gasteiger partial charge in [0.05, 0.1) is 5.75 Å². The van der Waals surface area contributed by atoms with Gasteiger partial charge in [-0.2, -0.15) is 13.2 Å². The molecule has 2 aliphatic rings. The van der Waals surface area contributed by atoms with Crippen molar-refractivity contribution in [3.05, 3.63) is 0 Å². The molecule has 134 valence electrons. The second-order valence-corrected chi connectivity index (χ2v) is 6.41. The van der Waals surface area contributed by atoms with Crippen LogP contribution in [0.1, 0.15) is 12.8 Å². The van der Waals surface area contributed by atoms with Crippen LogP contribution in [0.15, 0.2) is 0 Å². The Kier molecular flexibility index (Phi) is 5.73. The number of halogens is 3. The first kappa shape index (κ1) is 18.6. The number of likely N-dealkylation sites (tertiary alicyclic amines) is 1. The molecule has 2 fully saturated rings. The van der Waals surface area contributed by atoms with Crippen LogP contribution in [0, 0.1) is 0 Å². The molecule has 2 aliphatic heterocycles. The Morgan fingerprint density at radius 3 is 1.83 bits per heavy atom. The molecule has 0 aromatic carbocycles. The number of amides is 4. The molecule has 11 heteroatoms. The number of thioether (sulfide) groups is 1. The molecule has 2 heterocycles. The largest absolute Gasteiger partial charge is 0.442 e. The lowest BCUT2D eigenvalue weighted by Crippen LogP contribution is -2.53. The van der Waals surface area contributed by atoms with Crippen molar-refractivity contribution in [3.63, 3.8) is 0 Å². The average Bonchev–Trinajstić information content (AvgIpc) is 2.84. The van der Waals surface area contributed by atoms with Gasteiger partial charge < -0.3 is 9.80 Å². The Balaban J connectivity index is 1.77. The Morgan fingerprint density at radius 1 is 0.917 bits per heavy atom. The second kappa shape index (κ2) is 7.41. The summed E-state index contributed by atoms with van der Waals surface area (Å²) < 4.78 is 36.3. The van der Waals surface area contributed by atoms with Crippen LogP contribution in [0.2, 0.25) is 0 Å². The number of alkyl halides is 3. The van der Waals surface area contributed by atoms with E-state index in [1.54, 1.807) is 0 Å². The summed E-state index contributed by atoms with van der Waals surface area (Å²) in [4.78, 5) is 50.4. The summed E-state index contributed by atoms with van der Waals surface area (Å²) in [6.07, 6.45) is 0.205. The summed E-state index contributed by atoms with van der Waals surface area (Å²) >= 11 is -0.389. The van der Waals surface area contributed by atoms with Gasteiger partial charge in [-0.05, 0) is 11.8 Å². The van der Waals surface area contributed by atoms with E-state index in [4.69, 9.17) is 0 Å². The molecule has 2 rings (SSSR count). The quantitative estimate of drug-likeness (QED) is 0.657. The van der Waals surface area contributed by atoms with E-state index < -0.39 is 23.1 Å². The summed E-state index contributed by atoms with van der Waals surface area (Å²) in [6, 6.07) is 0. The molecule has 0 N–H and O–H groups in total. The molecular formula is C13H16F3N3O4S. The summed E-state index contributed by atoms with van der Waals surface area (Å²) in [6.45, 7) is 0.264. The fraction of sp³-hybridized carbons (Fsp3) is 0.692. The fourth-order valence-corrected chi connectivity index (χ4v) is 2.94. The third kappa shape index (κ3) is 4.86. The van der Waals surface area contributed by atoms with E-state index in [0.29, 0.717) is 0 Å². The lowest BCUT2D eigenvalue weighted by Gasteiger charge is -2.35. The molecular weight excluding hydrogens is 351 g/mol. The van der Waals surface area contributed by atoms with Crippen LogP contribution >= 0.6 is 11.8 Å². The van der Waals surface area contributed by atoms with E-state index in [2.05, 4.69) is 0 Å². The molecule has 0 atom stereocenters. The minimum absolute atomic E-state index is 0.102. The topological polar surface area (TPSA) is 78.0 Å². The van der Waals surface area contributed by atoms with Crippen molar-refractivity contribution in [3.8, 4) is 0 Å². The number of hydrogen-bond acceptors (Lipinski definition) is 5. The molecule has 0 radical (unpaired) electrons. The van der Waals surface area contributed by atoms with Crippen molar-refractivity contribution >= 4 is 35.4 Å². The van der Waals surface area contributed by atoms with Crippen molar-refractivity contribution in [1.29, 1.82) is 0 Å². The summed E-state index contributed by atoms with van der Waals surface area (Å²) in [5.74, 6) is -2.49. The van der Waals surface area contributed by atoms with Crippen LogP contribution in [-0.2, 0) is 19.2 Å². The van der Waals surface area contributed by atoms with E-state index in [-0.39, 0.29) is 69.1 Å². The zero-order valence-corrected chi connectivity index (χ0v) is 13.5. The predicted octanol–water partition coefficient (Wildman–Crippen LogP) is 0.0592.